The molecule has 1 atom stereocenters. The van der Waals surface area contributed by atoms with Gasteiger partial charge in [-0.2, -0.15) is 0 Å². The minimum absolute atomic E-state index is 0.00542. The van der Waals surface area contributed by atoms with Crippen molar-refractivity contribution in [2.75, 3.05) is 11.9 Å². The average Bonchev–Trinajstić information content (AvgIpc) is 2.45. The summed E-state index contributed by atoms with van der Waals surface area (Å²) in [5.41, 5.74) is 5.99. The minimum atomic E-state index is -0.0171. The number of nitrogens with one attached hydrogen (secondary N) is 1. The predicted molar refractivity (Wildman–Crippen MR) is 73.4 cm³/mol. The van der Waals surface area contributed by atoms with Gasteiger partial charge in [0, 0.05) is 11.6 Å². The zero-order valence-electron chi connectivity index (χ0n) is 11.1. The summed E-state index contributed by atoms with van der Waals surface area (Å²) in [7, 11) is 0. The number of benzene rings is 1. The molecule has 0 saturated carbocycles. The van der Waals surface area contributed by atoms with Gasteiger partial charge in [0.2, 0.25) is 5.91 Å². The van der Waals surface area contributed by atoms with E-state index < -0.39 is 0 Å². The van der Waals surface area contributed by atoms with E-state index in [1.54, 1.807) is 24.3 Å². The van der Waals surface area contributed by atoms with Gasteiger partial charge in [-0.05, 0) is 30.7 Å². The molecule has 0 bridgehead atoms. The standard InChI is InChI=1S/C13H19N3O3/c1-3-9(2)13(17)15-10-4-6-11(7-5-10)19-8-12(14)16-18/h4-7,9,18H,3,8H2,1-2H3,(H2,14,16)(H,15,17). The number of ether oxygens (including phenoxy) is 1. The fraction of sp³-hybridized carbons (Fsp3) is 0.385. The molecule has 0 saturated heterocycles. The van der Waals surface area contributed by atoms with Crippen molar-refractivity contribution in [1.82, 2.24) is 0 Å². The topological polar surface area (TPSA) is 96.9 Å². The van der Waals surface area contributed by atoms with Gasteiger partial charge in [0.1, 0.15) is 12.4 Å². The molecule has 0 aromatic heterocycles. The predicted octanol–water partition coefficient (Wildman–Crippen LogP) is 1.80. The van der Waals surface area contributed by atoms with Crippen molar-refractivity contribution in [2.24, 2.45) is 16.8 Å². The Balaban J connectivity index is 2.54. The molecule has 0 radical (unpaired) electrons. The first-order chi connectivity index (χ1) is 9.06. The van der Waals surface area contributed by atoms with Crippen LogP contribution in [-0.2, 0) is 4.79 Å². The molecule has 1 aromatic carbocycles. The number of rotatable bonds is 6. The summed E-state index contributed by atoms with van der Waals surface area (Å²) >= 11 is 0. The van der Waals surface area contributed by atoms with Gasteiger partial charge in [-0.3, -0.25) is 4.79 Å². The minimum Gasteiger partial charge on any atom is -0.486 e. The third-order valence-electron chi connectivity index (χ3n) is 2.70. The maximum Gasteiger partial charge on any atom is 0.227 e. The van der Waals surface area contributed by atoms with Crippen LogP contribution in [0.2, 0.25) is 0 Å². The molecule has 1 unspecified atom stereocenters. The van der Waals surface area contributed by atoms with Crippen LogP contribution in [0.4, 0.5) is 5.69 Å². The van der Waals surface area contributed by atoms with Gasteiger partial charge in [-0.1, -0.05) is 19.0 Å². The lowest BCUT2D eigenvalue weighted by Crippen LogP contribution is -2.21. The van der Waals surface area contributed by atoms with Crippen LogP contribution in [0.15, 0.2) is 29.4 Å². The van der Waals surface area contributed by atoms with E-state index in [4.69, 9.17) is 15.7 Å². The Hall–Kier alpha value is -2.24. The Morgan fingerprint density at radius 1 is 1.47 bits per heavy atom. The lowest BCUT2D eigenvalue weighted by atomic mass is 10.1. The number of anilines is 1. The molecule has 0 heterocycles. The number of carbonyl (C=O) groups is 1. The van der Waals surface area contributed by atoms with Gasteiger partial charge in [0.05, 0.1) is 0 Å². The number of nitrogens with zero attached hydrogens (tertiary/aromatic N) is 1. The first kappa shape index (κ1) is 14.8. The van der Waals surface area contributed by atoms with Crippen LogP contribution in [0, 0.1) is 5.92 Å². The van der Waals surface area contributed by atoms with E-state index in [0.29, 0.717) is 11.4 Å². The largest absolute Gasteiger partial charge is 0.486 e. The number of nitrogens with two attached hydrogens (primary N) is 1. The highest BCUT2D eigenvalue weighted by atomic mass is 16.5. The summed E-state index contributed by atoms with van der Waals surface area (Å²) in [5, 5.41) is 14.0. The quantitative estimate of drug-likeness (QED) is 0.316. The number of amidine groups is 1. The number of hydrogen-bond acceptors (Lipinski definition) is 4. The summed E-state index contributed by atoms with van der Waals surface area (Å²) in [5.74, 6) is 0.548. The Morgan fingerprint density at radius 3 is 2.63 bits per heavy atom. The van der Waals surface area contributed by atoms with Gasteiger partial charge in [0.25, 0.3) is 0 Å². The maximum absolute atomic E-state index is 11.7. The molecule has 0 aliphatic rings. The summed E-state index contributed by atoms with van der Waals surface area (Å²) in [4.78, 5) is 11.7. The Bertz CT molecular complexity index is 443. The highest BCUT2D eigenvalue weighted by molar-refractivity contribution is 5.92. The Labute approximate surface area is 112 Å². The van der Waals surface area contributed by atoms with Gasteiger partial charge >= 0.3 is 0 Å². The second-order valence-corrected chi connectivity index (χ2v) is 4.20. The number of carbonyl (C=O) groups excluding carboxylic acids is 1. The van der Waals surface area contributed by atoms with E-state index in [9.17, 15) is 4.79 Å². The van der Waals surface area contributed by atoms with Crippen LogP contribution in [0.1, 0.15) is 20.3 Å². The van der Waals surface area contributed by atoms with Crippen LogP contribution >= 0.6 is 0 Å². The zero-order chi connectivity index (χ0) is 14.3. The normalized spacial score (nSPS) is 12.8. The second kappa shape index (κ2) is 7.25. The third-order valence-corrected chi connectivity index (χ3v) is 2.70. The van der Waals surface area contributed by atoms with E-state index in [2.05, 4.69) is 10.5 Å². The summed E-state index contributed by atoms with van der Waals surface area (Å²) < 4.78 is 5.26. The van der Waals surface area contributed by atoms with E-state index >= 15 is 0 Å². The second-order valence-electron chi connectivity index (χ2n) is 4.20. The van der Waals surface area contributed by atoms with E-state index in [1.165, 1.54) is 0 Å². The van der Waals surface area contributed by atoms with Crippen LogP contribution in [0.25, 0.3) is 0 Å². The molecular weight excluding hydrogens is 246 g/mol. The smallest absolute Gasteiger partial charge is 0.227 e. The zero-order valence-corrected chi connectivity index (χ0v) is 11.1. The monoisotopic (exact) mass is 265 g/mol. The van der Waals surface area contributed by atoms with E-state index in [-0.39, 0.29) is 24.3 Å². The van der Waals surface area contributed by atoms with Crippen molar-refractivity contribution in [3.05, 3.63) is 24.3 Å². The summed E-state index contributed by atoms with van der Waals surface area (Å²) in [6.07, 6.45) is 0.798. The molecule has 0 fully saturated rings. The lowest BCUT2D eigenvalue weighted by molar-refractivity contribution is -0.119. The molecule has 6 nitrogen and oxygen atoms in total. The van der Waals surface area contributed by atoms with Crippen molar-refractivity contribution in [3.8, 4) is 5.75 Å². The van der Waals surface area contributed by atoms with E-state index in [0.717, 1.165) is 6.42 Å². The number of amides is 1. The fourth-order valence-corrected chi connectivity index (χ4v) is 1.27. The molecule has 1 rings (SSSR count). The molecule has 104 valence electrons. The number of hydrogen-bond donors (Lipinski definition) is 3. The average molecular weight is 265 g/mol. The molecule has 1 amide bonds. The van der Waals surface area contributed by atoms with Crippen molar-refractivity contribution in [1.29, 1.82) is 0 Å². The first-order valence-electron chi connectivity index (χ1n) is 6.07. The SMILES string of the molecule is CCC(C)C(=O)Nc1ccc(OC/C(N)=N/O)cc1. The highest BCUT2D eigenvalue weighted by Gasteiger charge is 2.10. The Kier molecular flexibility index (Phi) is 5.66. The van der Waals surface area contributed by atoms with Crippen LogP contribution in [-0.4, -0.2) is 23.6 Å². The third kappa shape index (κ3) is 4.87. The lowest BCUT2D eigenvalue weighted by Gasteiger charge is -2.10. The van der Waals surface area contributed by atoms with Crippen molar-refractivity contribution in [3.63, 3.8) is 0 Å². The van der Waals surface area contributed by atoms with Gasteiger partial charge in [-0.25, -0.2) is 0 Å². The Morgan fingerprint density at radius 2 is 2.11 bits per heavy atom. The maximum atomic E-state index is 11.7. The van der Waals surface area contributed by atoms with Crippen LogP contribution in [0.3, 0.4) is 0 Å². The van der Waals surface area contributed by atoms with Crippen LogP contribution in [0.5, 0.6) is 5.75 Å². The molecule has 0 aliphatic carbocycles. The molecule has 0 aliphatic heterocycles. The van der Waals surface area contributed by atoms with Gasteiger partial charge in [-0.15, -0.1) is 0 Å². The van der Waals surface area contributed by atoms with Crippen molar-refractivity contribution >= 4 is 17.4 Å². The molecule has 4 N–H and O–H groups in total. The first-order valence-corrected chi connectivity index (χ1v) is 6.07. The highest BCUT2D eigenvalue weighted by Crippen LogP contribution is 2.16. The molecule has 1 aromatic rings. The van der Waals surface area contributed by atoms with Gasteiger partial charge < -0.3 is 21.0 Å². The summed E-state index contributed by atoms with van der Waals surface area (Å²) in [6.45, 7) is 3.85. The van der Waals surface area contributed by atoms with E-state index in [1.807, 2.05) is 13.8 Å². The molecule has 6 heteroatoms. The molecule has 19 heavy (non-hydrogen) atoms. The van der Waals surface area contributed by atoms with Gasteiger partial charge in [0.15, 0.2) is 5.84 Å². The molecular formula is C13H19N3O3. The van der Waals surface area contributed by atoms with Crippen molar-refractivity contribution in [2.45, 2.75) is 20.3 Å². The fourth-order valence-electron chi connectivity index (χ4n) is 1.27. The van der Waals surface area contributed by atoms with Crippen molar-refractivity contribution < 1.29 is 14.7 Å². The molecule has 0 spiro atoms. The summed E-state index contributed by atoms with van der Waals surface area (Å²) in [6, 6.07) is 6.89. The number of oxime groups is 1. The van der Waals surface area contributed by atoms with Crippen LogP contribution < -0.4 is 15.8 Å².